The van der Waals surface area contributed by atoms with Crippen LogP contribution in [0.3, 0.4) is 0 Å². The quantitative estimate of drug-likeness (QED) is 0.907. The van der Waals surface area contributed by atoms with Crippen molar-refractivity contribution in [3.63, 3.8) is 0 Å². The number of halogens is 1. The highest BCUT2D eigenvalue weighted by Gasteiger charge is 2.02. The molecule has 2 N–H and O–H groups in total. The molecule has 1 heterocycles. The zero-order valence-electron chi connectivity index (χ0n) is 8.44. The Kier molecular flexibility index (Phi) is 2.77. The molecule has 0 radical (unpaired) electrons. The van der Waals surface area contributed by atoms with Crippen molar-refractivity contribution in [2.45, 2.75) is 13.5 Å². The van der Waals surface area contributed by atoms with Crippen LogP contribution < -0.4 is 5.73 Å². The summed E-state index contributed by atoms with van der Waals surface area (Å²) in [6.45, 7) is 2.65. The third-order valence-corrected chi connectivity index (χ3v) is 2.71. The Labute approximate surface area is 97.0 Å². The van der Waals surface area contributed by atoms with E-state index in [1.807, 2.05) is 25.1 Å². The number of aryl methyl sites for hydroxylation is 1. The predicted octanol–water partition coefficient (Wildman–Crippen LogP) is 2.58. The van der Waals surface area contributed by atoms with Crippen LogP contribution in [0.4, 0.5) is 5.82 Å². The minimum absolute atomic E-state index is 0.704. The molecule has 2 aromatic rings. The minimum atomic E-state index is 0.704. The van der Waals surface area contributed by atoms with Gasteiger partial charge in [-0.05, 0) is 24.6 Å². The van der Waals surface area contributed by atoms with Crippen molar-refractivity contribution in [1.29, 1.82) is 0 Å². The van der Waals surface area contributed by atoms with Crippen molar-refractivity contribution >= 4 is 21.7 Å². The monoisotopic (exact) mass is 265 g/mol. The molecule has 0 aliphatic rings. The Morgan fingerprint density at radius 3 is 2.53 bits per heavy atom. The van der Waals surface area contributed by atoms with Gasteiger partial charge in [0.1, 0.15) is 5.82 Å². The lowest BCUT2D eigenvalue weighted by molar-refractivity contribution is 0.689. The lowest BCUT2D eigenvalue weighted by Gasteiger charge is -2.04. The van der Waals surface area contributed by atoms with Crippen LogP contribution in [0.25, 0.3) is 0 Å². The summed E-state index contributed by atoms with van der Waals surface area (Å²) in [7, 11) is 0. The molecule has 0 spiro atoms. The molecular formula is C11H12BrN3. The number of anilines is 1. The van der Waals surface area contributed by atoms with Gasteiger partial charge in [0, 0.05) is 10.5 Å². The number of nitrogen functional groups attached to an aromatic ring is 1. The second-order valence-corrected chi connectivity index (χ2v) is 4.41. The van der Waals surface area contributed by atoms with E-state index in [4.69, 9.17) is 5.73 Å². The maximum Gasteiger partial charge on any atom is 0.122 e. The van der Waals surface area contributed by atoms with Gasteiger partial charge >= 0.3 is 0 Å². The zero-order valence-corrected chi connectivity index (χ0v) is 10.0. The maximum atomic E-state index is 5.81. The van der Waals surface area contributed by atoms with Gasteiger partial charge in [-0.2, -0.15) is 5.10 Å². The van der Waals surface area contributed by atoms with Gasteiger partial charge in [0.25, 0.3) is 0 Å². The van der Waals surface area contributed by atoms with Gasteiger partial charge in [-0.1, -0.05) is 28.1 Å². The average Bonchev–Trinajstić information content (AvgIpc) is 2.49. The topological polar surface area (TPSA) is 43.8 Å². The number of hydrogen-bond acceptors (Lipinski definition) is 2. The summed E-state index contributed by atoms with van der Waals surface area (Å²) in [5.41, 5.74) is 7.95. The van der Waals surface area contributed by atoms with Gasteiger partial charge in [0.15, 0.2) is 0 Å². The van der Waals surface area contributed by atoms with E-state index in [-0.39, 0.29) is 0 Å². The molecule has 0 fully saturated rings. The number of nitrogens with zero attached hydrogens (tertiary/aromatic N) is 2. The van der Waals surface area contributed by atoms with Crippen molar-refractivity contribution in [1.82, 2.24) is 9.78 Å². The molecule has 78 valence electrons. The van der Waals surface area contributed by atoms with E-state index in [2.05, 4.69) is 33.2 Å². The van der Waals surface area contributed by atoms with Crippen LogP contribution in [0.5, 0.6) is 0 Å². The first-order valence-electron chi connectivity index (χ1n) is 4.69. The highest BCUT2D eigenvalue weighted by Crippen LogP contribution is 2.13. The lowest BCUT2D eigenvalue weighted by atomic mass is 10.2. The molecule has 4 heteroatoms. The lowest BCUT2D eigenvalue weighted by Crippen LogP contribution is -2.05. The number of aromatic nitrogens is 2. The molecule has 0 saturated carbocycles. The van der Waals surface area contributed by atoms with Crippen LogP contribution >= 0.6 is 15.9 Å². The highest BCUT2D eigenvalue weighted by atomic mass is 79.9. The summed E-state index contributed by atoms with van der Waals surface area (Å²) in [5.74, 6) is 0.704. The molecule has 2 rings (SSSR count). The summed E-state index contributed by atoms with van der Waals surface area (Å²) >= 11 is 3.40. The molecule has 0 bridgehead atoms. The Balaban J connectivity index is 2.21. The molecular weight excluding hydrogens is 254 g/mol. The largest absolute Gasteiger partial charge is 0.384 e. The first kappa shape index (κ1) is 10.2. The standard InChI is InChI=1S/C11H12BrN3/c1-8-6-11(13)15(14-8)7-9-2-4-10(12)5-3-9/h2-6H,7,13H2,1H3. The Morgan fingerprint density at radius 1 is 1.33 bits per heavy atom. The molecule has 0 aliphatic heterocycles. The molecule has 0 unspecified atom stereocenters. The molecule has 0 amide bonds. The first-order chi connectivity index (χ1) is 7.15. The van der Waals surface area contributed by atoms with E-state index < -0.39 is 0 Å². The third kappa shape index (κ3) is 2.39. The summed E-state index contributed by atoms with van der Waals surface area (Å²) in [5, 5.41) is 4.31. The van der Waals surface area contributed by atoms with Crippen LogP contribution in [0.2, 0.25) is 0 Å². The van der Waals surface area contributed by atoms with E-state index in [9.17, 15) is 0 Å². The Hall–Kier alpha value is -1.29. The fourth-order valence-corrected chi connectivity index (χ4v) is 1.72. The fraction of sp³-hybridized carbons (Fsp3) is 0.182. The smallest absolute Gasteiger partial charge is 0.122 e. The number of nitrogens with two attached hydrogens (primary N) is 1. The van der Waals surface area contributed by atoms with Crippen molar-refractivity contribution in [2.24, 2.45) is 0 Å². The van der Waals surface area contributed by atoms with Crippen molar-refractivity contribution in [3.05, 3.63) is 46.1 Å². The van der Waals surface area contributed by atoms with E-state index in [0.717, 1.165) is 10.2 Å². The molecule has 15 heavy (non-hydrogen) atoms. The zero-order chi connectivity index (χ0) is 10.8. The second kappa shape index (κ2) is 4.06. The van der Waals surface area contributed by atoms with Crippen LogP contribution in [-0.2, 0) is 6.54 Å². The second-order valence-electron chi connectivity index (χ2n) is 3.49. The normalized spacial score (nSPS) is 10.5. The molecule has 0 aliphatic carbocycles. The number of benzene rings is 1. The van der Waals surface area contributed by atoms with E-state index >= 15 is 0 Å². The summed E-state index contributed by atoms with van der Waals surface area (Å²) in [6.07, 6.45) is 0. The summed E-state index contributed by atoms with van der Waals surface area (Å²) < 4.78 is 2.88. The molecule has 0 atom stereocenters. The van der Waals surface area contributed by atoms with Gasteiger partial charge in [0.2, 0.25) is 0 Å². The number of hydrogen-bond donors (Lipinski definition) is 1. The fourth-order valence-electron chi connectivity index (χ4n) is 1.45. The van der Waals surface area contributed by atoms with Crippen molar-refractivity contribution in [2.75, 3.05) is 5.73 Å². The third-order valence-electron chi connectivity index (χ3n) is 2.18. The summed E-state index contributed by atoms with van der Waals surface area (Å²) in [6, 6.07) is 10.0. The minimum Gasteiger partial charge on any atom is -0.384 e. The van der Waals surface area contributed by atoms with E-state index in [1.165, 1.54) is 5.56 Å². The van der Waals surface area contributed by atoms with Gasteiger partial charge in [-0.25, -0.2) is 4.68 Å². The number of rotatable bonds is 2. The molecule has 3 nitrogen and oxygen atoms in total. The van der Waals surface area contributed by atoms with E-state index in [0.29, 0.717) is 12.4 Å². The Morgan fingerprint density at radius 2 is 2.00 bits per heavy atom. The van der Waals surface area contributed by atoms with Crippen LogP contribution in [0.1, 0.15) is 11.3 Å². The molecule has 1 aromatic carbocycles. The van der Waals surface area contributed by atoms with Crippen LogP contribution in [-0.4, -0.2) is 9.78 Å². The summed E-state index contributed by atoms with van der Waals surface area (Å²) in [4.78, 5) is 0. The van der Waals surface area contributed by atoms with Crippen LogP contribution in [0.15, 0.2) is 34.8 Å². The average molecular weight is 266 g/mol. The SMILES string of the molecule is Cc1cc(N)n(Cc2ccc(Br)cc2)n1. The Bertz CT molecular complexity index is 459. The van der Waals surface area contributed by atoms with Crippen molar-refractivity contribution in [3.8, 4) is 0 Å². The van der Waals surface area contributed by atoms with Gasteiger partial charge < -0.3 is 5.73 Å². The van der Waals surface area contributed by atoms with Gasteiger partial charge in [0.05, 0.1) is 12.2 Å². The van der Waals surface area contributed by atoms with Gasteiger partial charge in [-0.3, -0.25) is 0 Å². The molecule has 1 aromatic heterocycles. The maximum absolute atomic E-state index is 5.81. The predicted molar refractivity (Wildman–Crippen MR) is 64.6 cm³/mol. The van der Waals surface area contributed by atoms with Crippen molar-refractivity contribution < 1.29 is 0 Å². The first-order valence-corrected chi connectivity index (χ1v) is 5.49. The van der Waals surface area contributed by atoms with Gasteiger partial charge in [-0.15, -0.1) is 0 Å². The molecule has 0 saturated heterocycles. The van der Waals surface area contributed by atoms with E-state index in [1.54, 1.807) is 4.68 Å². The van der Waals surface area contributed by atoms with Crippen LogP contribution in [0, 0.1) is 6.92 Å². The highest BCUT2D eigenvalue weighted by molar-refractivity contribution is 9.10.